The number of fused-ring (bicyclic) bond motifs is 2. The van der Waals surface area contributed by atoms with Gasteiger partial charge in [-0.2, -0.15) is 0 Å². The number of carbonyl (C=O) groups excluding carboxylic acids is 1. The van der Waals surface area contributed by atoms with Crippen LogP contribution >= 0.6 is 11.3 Å². The third kappa shape index (κ3) is 3.88. The molecule has 4 N–H and O–H groups in total. The zero-order valence-electron chi connectivity index (χ0n) is 18.9. The van der Waals surface area contributed by atoms with E-state index in [2.05, 4.69) is 23.2 Å². The minimum absolute atomic E-state index is 0.183. The molecule has 182 valence electrons. The van der Waals surface area contributed by atoms with Crippen LogP contribution < -0.4 is 10.4 Å². The number of carbonyl (C=O) groups is 1. The predicted octanol–water partition coefficient (Wildman–Crippen LogP) is -0.488. The van der Waals surface area contributed by atoms with Crippen molar-refractivity contribution in [2.45, 2.75) is 37.6 Å². The summed E-state index contributed by atoms with van der Waals surface area (Å²) in [4.78, 5) is 19.8. The normalized spacial score (nSPS) is 30.4. The minimum atomic E-state index is -1.75. The number of piperazine rings is 1. The number of ether oxygens (including phenoxy) is 1. The summed E-state index contributed by atoms with van der Waals surface area (Å²) in [7, 11) is 1.86. The summed E-state index contributed by atoms with van der Waals surface area (Å²) in [5, 5.41) is 46.8. The molecule has 0 spiro atoms. The molecule has 0 aliphatic carbocycles. The van der Waals surface area contributed by atoms with Crippen LogP contribution in [-0.4, -0.2) is 100 Å². The maximum absolute atomic E-state index is 11.4. The van der Waals surface area contributed by atoms with Crippen LogP contribution in [0.3, 0.4) is 0 Å². The van der Waals surface area contributed by atoms with Crippen LogP contribution in [0.25, 0.3) is 0 Å². The quantitative estimate of drug-likeness (QED) is 0.416. The van der Waals surface area contributed by atoms with Crippen LogP contribution in [0.15, 0.2) is 35.3 Å². The van der Waals surface area contributed by atoms with Crippen molar-refractivity contribution < 1.29 is 34.4 Å². The van der Waals surface area contributed by atoms with Gasteiger partial charge in [0.25, 0.3) is 0 Å². The number of aliphatic hydroxyl groups is 3. The van der Waals surface area contributed by atoms with Gasteiger partial charge in [0.2, 0.25) is 6.23 Å². The van der Waals surface area contributed by atoms with E-state index in [1.165, 1.54) is 4.88 Å². The molecule has 2 saturated heterocycles. The molecule has 10 nitrogen and oxygen atoms in total. The van der Waals surface area contributed by atoms with Gasteiger partial charge in [0.1, 0.15) is 29.1 Å². The first-order valence-electron chi connectivity index (χ1n) is 11.2. The largest absolute Gasteiger partial charge is 0.547 e. The van der Waals surface area contributed by atoms with Crippen molar-refractivity contribution in [2.75, 3.05) is 38.5 Å². The van der Waals surface area contributed by atoms with Crippen molar-refractivity contribution in [3.8, 4) is 0 Å². The lowest BCUT2D eigenvalue weighted by molar-refractivity contribution is -0.964. The van der Waals surface area contributed by atoms with Gasteiger partial charge in [0.05, 0.1) is 56.1 Å². The van der Waals surface area contributed by atoms with Gasteiger partial charge in [-0.3, -0.25) is 4.48 Å². The number of aliphatic hydroxyl groups excluding tert-OH is 3. The number of aliphatic imine (C=N–C) groups is 1. The average molecular weight is 489 g/mol. The third-order valence-electron chi connectivity index (χ3n) is 6.97. The van der Waals surface area contributed by atoms with E-state index in [0.29, 0.717) is 26.2 Å². The number of quaternary nitrogens is 1. The first-order chi connectivity index (χ1) is 16.2. The van der Waals surface area contributed by atoms with Gasteiger partial charge in [-0.1, -0.05) is 12.1 Å². The fourth-order valence-electron chi connectivity index (χ4n) is 4.95. The fourth-order valence-corrected chi connectivity index (χ4v) is 5.87. The van der Waals surface area contributed by atoms with Gasteiger partial charge in [-0.05, 0) is 25.1 Å². The maximum atomic E-state index is 11.4. The van der Waals surface area contributed by atoms with E-state index in [-0.39, 0.29) is 4.48 Å². The highest BCUT2D eigenvalue weighted by atomic mass is 32.1. The molecule has 0 amide bonds. The Bertz CT molecular complexity index is 1130. The van der Waals surface area contributed by atoms with Crippen LogP contribution in [-0.2, 0) is 9.53 Å². The molecule has 11 heteroatoms. The van der Waals surface area contributed by atoms with Crippen LogP contribution in [0.2, 0.25) is 0 Å². The molecular weight excluding hydrogens is 460 g/mol. The lowest BCUT2D eigenvalue weighted by Crippen LogP contribution is -2.73. The highest BCUT2D eigenvalue weighted by Gasteiger charge is 2.53. The lowest BCUT2D eigenvalue weighted by atomic mass is 9.96. The molecule has 3 aliphatic rings. The summed E-state index contributed by atoms with van der Waals surface area (Å²) in [6.45, 7) is 4.23. The number of para-hydroxylation sites is 2. The number of nitrogens with one attached hydrogen (secondary N) is 1. The Balaban J connectivity index is 1.40. The monoisotopic (exact) mass is 488 g/mol. The zero-order valence-corrected chi connectivity index (χ0v) is 19.7. The van der Waals surface area contributed by atoms with E-state index in [0.717, 1.165) is 27.8 Å². The number of aryl methyl sites for hydroxylation is 1. The van der Waals surface area contributed by atoms with Crippen LogP contribution in [0.4, 0.5) is 16.4 Å². The minimum Gasteiger partial charge on any atom is -0.547 e. The average Bonchev–Trinajstić information content (AvgIpc) is 3.09. The van der Waals surface area contributed by atoms with Gasteiger partial charge in [-0.25, -0.2) is 4.99 Å². The number of benzene rings is 1. The van der Waals surface area contributed by atoms with Crippen molar-refractivity contribution >= 4 is 39.5 Å². The summed E-state index contributed by atoms with van der Waals surface area (Å²) in [5.41, 5.74) is 2.82. The van der Waals surface area contributed by atoms with Crippen molar-refractivity contribution in [1.29, 1.82) is 0 Å². The first-order valence-corrected chi connectivity index (χ1v) is 12.0. The second kappa shape index (κ2) is 8.59. The highest BCUT2D eigenvalue weighted by molar-refractivity contribution is 7.16. The van der Waals surface area contributed by atoms with Crippen molar-refractivity contribution in [2.24, 2.45) is 4.99 Å². The molecular formula is C23H28N4O6S. The molecule has 1 aromatic carbocycles. The second-order valence-corrected chi connectivity index (χ2v) is 10.6. The molecule has 0 bridgehead atoms. The summed E-state index contributed by atoms with van der Waals surface area (Å²) in [6, 6.07) is 10.0. The van der Waals surface area contributed by atoms with Crippen LogP contribution in [0.5, 0.6) is 0 Å². The maximum Gasteiger partial charge on any atom is 0.223 e. The van der Waals surface area contributed by atoms with E-state index in [9.17, 15) is 25.2 Å². The molecule has 0 unspecified atom stereocenters. The number of amidine groups is 1. The van der Waals surface area contributed by atoms with E-state index in [4.69, 9.17) is 9.73 Å². The Morgan fingerprint density at radius 3 is 2.62 bits per heavy atom. The third-order valence-corrected chi connectivity index (χ3v) is 7.94. The Labute approximate surface area is 200 Å². The number of aliphatic carboxylic acids is 1. The summed E-state index contributed by atoms with van der Waals surface area (Å²) < 4.78 is 5.77. The second-order valence-electron chi connectivity index (χ2n) is 9.33. The van der Waals surface area contributed by atoms with E-state index < -0.39 is 36.6 Å². The standard InChI is InChI=1S/C23H28N4O6S/c1-12-11-13-20(24-14-5-3-4-6-15(14)25-21(13)34-12)26-7-9-27(2,10-8-26)22-18(30)16(28)17(29)19(33-22)23(31)32/h3-6,11,16-19,22,28-30H,7-10H2,1-2H3,(H-,24,25,31,32)/t16-,17-,18+,19-,22-/m0/s1. The number of carboxylic acid groups (broad SMARTS) is 1. The molecule has 0 saturated carbocycles. The molecule has 34 heavy (non-hydrogen) atoms. The van der Waals surface area contributed by atoms with E-state index in [1.54, 1.807) is 11.3 Å². The number of hydrogen-bond donors (Lipinski definition) is 4. The molecule has 1 aromatic heterocycles. The van der Waals surface area contributed by atoms with Crippen molar-refractivity contribution in [3.63, 3.8) is 0 Å². The summed E-state index contributed by atoms with van der Waals surface area (Å²) >= 11 is 1.67. The van der Waals surface area contributed by atoms with Crippen LogP contribution in [0.1, 0.15) is 10.4 Å². The fraction of sp³-hybridized carbons (Fsp3) is 0.478. The Hall–Kier alpha value is -2.54. The smallest absolute Gasteiger partial charge is 0.223 e. The van der Waals surface area contributed by atoms with Crippen LogP contribution in [0, 0.1) is 6.92 Å². The highest BCUT2D eigenvalue weighted by Crippen LogP contribution is 2.39. The predicted molar refractivity (Wildman–Crippen MR) is 124 cm³/mol. The van der Waals surface area contributed by atoms with Gasteiger partial charge < -0.3 is 40.2 Å². The number of likely N-dealkylation sites (N-methyl/N-ethyl adjacent to an activating group) is 1. The molecule has 4 heterocycles. The molecule has 2 aromatic rings. The van der Waals surface area contributed by atoms with Crippen molar-refractivity contribution in [1.82, 2.24) is 4.90 Å². The van der Waals surface area contributed by atoms with Crippen molar-refractivity contribution in [3.05, 3.63) is 40.8 Å². The van der Waals surface area contributed by atoms with Gasteiger partial charge in [0.15, 0.2) is 6.10 Å². The number of anilines is 2. The van der Waals surface area contributed by atoms with Gasteiger partial charge in [-0.15, -0.1) is 11.3 Å². The van der Waals surface area contributed by atoms with Gasteiger partial charge >= 0.3 is 0 Å². The van der Waals surface area contributed by atoms with E-state index in [1.807, 2.05) is 31.3 Å². The molecule has 5 atom stereocenters. The molecule has 3 aliphatic heterocycles. The molecule has 0 radical (unpaired) electrons. The SMILES string of the molecule is Cc1cc2c(s1)Nc1ccccc1N=C2N1CC[N+](C)([C@H]2O[C@H](C(=O)[O-])[C@@H](O)[C@H](O)[C@H]2O)CC1. The molecule has 2 fully saturated rings. The first kappa shape index (κ1) is 23.2. The Morgan fingerprint density at radius 1 is 1.21 bits per heavy atom. The number of rotatable bonds is 2. The Morgan fingerprint density at radius 2 is 1.91 bits per heavy atom. The number of carboxylic acids is 1. The van der Waals surface area contributed by atoms with E-state index >= 15 is 0 Å². The Kier molecular flexibility index (Phi) is 5.87. The number of nitrogens with zero attached hydrogens (tertiary/aromatic N) is 3. The lowest BCUT2D eigenvalue weighted by Gasteiger charge is -2.52. The summed E-state index contributed by atoms with van der Waals surface area (Å²) in [6.07, 6.45) is -7.54. The zero-order chi connectivity index (χ0) is 24.2. The number of thiophene rings is 1. The number of hydrogen-bond acceptors (Lipinski definition) is 10. The van der Waals surface area contributed by atoms with Gasteiger partial charge in [0, 0.05) is 4.88 Å². The summed E-state index contributed by atoms with van der Waals surface area (Å²) in [5.74, 6) is -0.760. The topological polar surface area (TPSA) is 138 Å². The molecule has 5 rings (SSSR count).